The van der Waals surface area contributed by atoms with Gasteiger partial charge in [-0.05, 0) is 38.7 Å². The molecule has 1 aliphatic carbocycles. The van der Waals surface area contributed by atoms with Crippen molar-refractivity contribution in [2.75, 3.05) is 0 Å². The van der Waals surface area contributed by atoms with E-state index in [4.69, 9.17) is 0 Å². The van der Waals surface area contributed by atoms with E-state index in [1.807, 2.05) is 31.5 Å². The molecule has 94 valence electrons. The summed E-state index contributed by atoms with van der Waals surface area (Å²) in [6.07, 6.45) is 6.08. The zero-order chi connectivity index (χ0) is 12.5. The molecule has 0 bridgehead atoms. The van der Waals surface area contributed by atoms with Gasteiger partial charge in [-0.2, -0.15) is 0 Å². The van der Waals surface area contributed by atoms with Gasteiger partial charge in [0.15, 0.2) is 0 Å². The average Bonchev–Trinajstić information content (AvgIpc) is 2.82. The molecular formula is C15H18N2O. The van der Waals surface area contributed by atoms with Gasteiger partial charge in [0.25, 0.3) is 0 Å². The molecule has 1 atom stereocenters. The van der Waals surface area contributed by atoms with Crippen molar-refractivity contribution in [2.45, 2.75) is 38.7 Å². The first-order valence-electron chi connectivity index (χ1n) is 6.60. The summed E-state index contributed by atoms with van der Waals surface area (Å²) in [6.45, 7) is 1.81. The molecule has 1 unspecified atom stereocenters. The van der Waals surface area contributed by atoms with Crippen LogP contribution in [0.25, 0.3) is 5.69 Å². The molecule has 1 heterocycles. The molecule has 1 aromatic heterocycles. The highest BCUT2D eigenvalue weighted by Gasteiger charge is 2.18. The molecule has 3 heteroatoms. The van der Waals surface area contributed by atoms with Crippen molar-refractivity contribution in [3.8, 4) is 5.69 Å². The fraction of sp³-hybridized carbons (Fsp3) is 0.400. The summed E-state index contributed by atoms with van der Waals surface area (Å²) in [7, 11) is 0. The molecule has 0 saturated heterocycles. The first kappa shape index (κ1) is 11.5. The van der Waals surface area contributed by atoms with Crippen LogP contribution < -0.4 is 0 Å². The van der Waals surface area contributed by atoms with Crippen LogP contribution in [0.4, 0.5) is 0 Å². The zero-order valence-corrected chi connectivity index (χ0v) is 10.6. The molecule has 0 spiro atoms. The zero-order valence-electron chi connectivity index (χ0n) is 10.6. The minimum Gasteiger partial charge on any atom is -0.389 e. The van der Waals surface area contributed by atoms with Gasteiger partial charge in [0.2, 0.25) is 0 Å². The summed E-state index contributed by atoms with van der Waals surface area (Å²) in [4.78, 5) is 4.51. The second kappa shape index (κ2) is 4.58. The fourth-order valence-corrected chi connectivity index (χ4v) is 2.74. The number of para-hydroxylation sites is 1. The quantitative estimate of drug-likeness (QED) is 0.879. The maximum absolute atomic E-state index is 9.87. The smallest absolute Gasteiger partial charge is 0.0997 e. The topological polar surface area (TPSA) is 38.0 Å². The van der Waals surface area contributed by atoms with Gasteiger partial charge in [-0.25, -0.2) is 4.98 Å². The normalized spacial score (nSPS) is 16.3. The van der Waals surface area contributed by atoms with E-state index in [9.17, 15) is 5.11 Å². The van der Waals surface area contributed by atoms with E-state index in [-0.39, 0.29) is 0 Å². The summed E-state index contributed by atoms with van der Waals surface area (Å²) >= 11 is 0. The van der Waals surface area contributed by atoms with Crippen LogP contribution in [0.3, 0.4) is 0 Å². The SMILES string of the molecule is CC(O)c1ccccc1-n1cnc2c1CCCC2. The Kier molecular flexibility index (Phi) is 2.92. The second-order valence-corrected chi connectivity index (χ2v) is 4.95. The van der Waals surface area contributed by atoms with Crippen LogP contribution in [-0.2, 0) is 12.8 Å². The van der Waals surface area contributed by atoms with Crippen LogP contribution in [0.5, 0.6) is 0 Å². The van der Waals surface area contributed by atoms with E-state index in [0.29, 0.717) is 0 Å². The number of hydrogen-bond acceptors (Lipinski definition) is 2. The molecule has 0 saturated carbocycles. The number of benzene rings is 1. The highest BCUT2D eigenvalue weighted by Crippen LogP contribution is 2.27. The molecule has 3 nitrogen and oxygen atoms in total. The van der Waals surface area contributed by atoms with Crippen LogP contribution in [-0.4, -0.2) is 14.7 Å². The minimum atomic E-state index is -0.456. The Balaban J connectivity index is 2.13. The van der Waals surface area contributed by atoms with Gasteiger partial charge in [-0.15, -0.1) is 0 Å². The lowest BCUT2D eigenvalue weighted by molar-refractivity contribution is 0.199. The number of fused-ring (bicyclic) bond motifs is 1. The number of rotatable bonds is 2. The monoisotopic (exact) mass is 242 g/mol. The van der Waals surface area contributed by atoms with Crippen LogP contribution in [0.1, 0.15) is 42.8 Å². The van der Waals surface area contributed by atoms with Gasteiger partial charge in [0.05, 0.1) is 23.8 Å². The molecule has 0 amide bonds. The Hall–Kier alpha value is -1.61. The first-order valence-corrected chi connectivity index (χ1v) is 6.60. The van der Waals surface area contributed by atoms with Crippen molar-refractivity contribution in [2.24, 2.45) is 0 Å². The van der Waals surface area contributed by atoms with Crippen molar-refractivity contribution < 1.29 is 5.11 Å². The molecule has 0 aliphatic heterocycles. The van der Waals surface area contributed by atoms with Gasteiger partial charge in [0, 0.05) is 11.3 Å². The lowest BCUT2D eigenvalue weighted by atomic mass is 10.0. The Morgan fingerprint density at radius 1 is 1.22 bits per heavy atom. The Labute approximate surface area is 107 Å². The maximum atomic E-state index is 9.87. The summed E-state index contributed by atoms with van der Waals surface area (Å²) in [5.41, 5.74) is 4.56. The van der Waals surface area contributed by atoms with Crippen LogP contribution in [0.15, 0.2) is 30.6 Å². The summed E-state index contributed by atoms with van der Waals surface area (Å²) in [5, 5.41) is 9.87. The van der Waals surface area contributed by atoms with E-state index < -0.39 is 6.10 Å². The van der Waals surface area contributed by atoms with E-state index in [1.54, 1.807) is 0 Å². The maximum Gasteiger partial charge on any atom is 0.0997 e. The van der Waals surface area contributed by atoms with Crippen LogP contribution >= 0.6 is 0 Å². The molecule has 0 radical (unpaired) electrons. The lowest BCUT2D eigenvalue weighted by Crippen LogP contribution is -2.09. The number of aryl methyl sites for hydroxylation is 1. The van der Waals surface area contributed by atoms with Gasteiger partial charge in [-0.3, -0.25) is 0 Å². The minimum absolute atomic E-state index is 0.456. The molecule has 1 aliphatic rings. The predicted octanol–water partition coefficient (Wildman–Crippen LogP) is 2.80. The van der Waals surface area contributed by atoms with E-state index in [0.717, 1.165) is 24.1 Å². The molecule has 1 aromatic carbocycles. The van der Waals surface area contributed by atoms with Gasteiger partial charge in [-0.1, -0.05) is 18.2 Å². The third kappa shape index (κ3) is 1.85. The number of aliphatic hydroxyl groups excluding tert-OH is 1. The number of hydrogen-bond donors (Lipinski definition) is 1. The van der Waals surface area contributed by atoms with E-state index in [2.05, 4.69) is 15.6 Å². The van der Waals surface area contributed by atoms with Crippen molar-refractivity contribution in [1.29, 1.82) is 0 Å². The molecular weight excluding hydrogens is 224 g/mol. The van der Waals surface area contributed by atoms with Gasteiger partial charge < -0.3 is 9.67 Å². The van der Waals surface area contributed by atoms with E-state index in [1.165, 1.54) is 24.2 Å². The Morgan fingerprint density at radius 3 is 2.83 bits per heavy atom. The van der Waals surface area contributed by atoms with Crippen molar-refractivity contribution in [3.63, 3.8) is 0 Å². The highest BCUT2D eigenvalue weighted by molar-refractivity contribution is 5.44. The molecule has 1 N–H and O–H groups in total. The molecule has 18 heavy (non-hydrogen) atoms. The number of nitrogens with zero attached hydrogens (tertiary/aromatic N) is 2. The summed E-state index contributed by atoms with van der Waals surface area (Å²) in [6, 6.07) is 8.01. The largest absolute Gasteiger partial charge is 0.389 e. The number of aromatic nitrogens is 2. The lowest BCUT2D eigenvalue weighted by Gasteiger charge is -2.17. The third-order valence-corrected chi connectivity index (χ3v) is 3.68. The predicted molar refractivity (Wildman–Crippen MR) is 70.8 cm³/mol. The summed E-state index contributed by atoms with van der Waals surface area (Å²) < 4.78 is 2.15. The average molecular weight is 242 g/mol. The van der Waals surface area contributed by atoms with Crippen molar-refractivity contribution >= 4 is 0 Å². The number of aliphatic hydroxyl groups is 1. The second-order valence-electron chi connectivity index (χ2n) is 4.95. The highest BCUT2D eigenvalue weighted by atomic mass is 16.3. The van der Waals surface area contributed by atoms with Crippen molar-refractivity contribution in [3.05, 3.63) is 47.5 Å². The van der Waals surface area contributed by atoms with E-state index >= 15 is 0 Å². The Morgan fingerprint density at radius 2 is 2.00 bits per heavy atom. The van der Waals surface area contributed by atoms with Crippen LogP contribution in [0, 0.1) is 0 Å². The Bertz CT molecular complexity index is 557. The van der Waals surface area contributed by atoms with Gasteiger partial charge >= 0.3 is 0 Å². The molecule has 0 fully saturated rings. The fourth-order valence-electron chi connectivity index (χ4n) is 2.74. The standard InChI is InChI=1S/C15H18N2O/c1-11(18)12-6-2-4-8-14(12)17-10-16-13-7-3-5-9-15(13)17/h2,4,6,8,10-11,18H,3,5,7,9H2,1H3. The first-order chi connectivity index (χ1) is 8.77. The molecule has 3 rings (SSSR count). The summed E-state index contributed by atoms with van der Waals surface area (Å²) in [5.74, 6) is 0. The molecule has 2 aromatic rings. The number of imidazole rings is 1. The third-order valence-electron chi connectivity index (χ3n) is 3.68. The van der Waals surface area contributed by atoms with Gasteiger partial charge in [0.1, 0.15) is 0 Å². The van der Waals surface area contributed by atoms with Crippen LogP contribution in [0.2, 0.25) is 0 Å². The van der Waals surface area contributed by atoms with Crippen molar-refractivity contribution in [1.82, 2.24) is 9.55 Å².